The Bertz CT molecular complexity index is 71.3. The van der Waals surface area contributed by atoms with Crippen LogP contribution in [-0.4, -0.2) is 24.4 Å². The third-order valence-corrected chi connectivity index (χ3v) is 0.979. The van der Waals surface area contributed by atoms with Crippen LogP contribution in [0.1, 0.15) is 13.3 Å². The van der Waals surface area contributed by atoms with Crippen molar-refractivity contribution in [3.63, 3.8) is 0 Å². The van der Waals surface area contributed by atoms with E-state index in [0.717, 1.165) is 6.42 Å². The second-order valence-corrected chi connectivity index (χ2v) is 1.83. The van der Waals surface area contributed by atoms with E-state index in [0.29, 0.717) is 6.61 Å². The fourth-order valence-electron chi connectivity index (χ4n) is 0.465. The third-order valence-electron chi connectivity index (χ3n) is 0.979. The van der Waals surface area contributed by atoms with Gasteiger partial charge < -0.3 is 9.84 Å². The Labute approximate surface area is 56.1 Å². The van der Waals surface area contributed by atoms with E-state index in [9.17, 15) is 0 Å². The van der Waals surface area contributed by atoms with Crippen LogP contribution in [0.4, 0.5) is 0 Å². The molecule has 1 N–H and O–H groups in total. The van der Waals surface area contributed by atoms with Gasteiger partial charge in [-0.1, -0.05) is 13.0 Å². The van der Waals surface area contributed by atoms with Crippen molar-refractivity contribution in [2.75, 3.05) is 13.2 Å². The molecule has 2 nitrogen and oxygen atoms in total. The van der Waals surface area contributed by atoms with E-state index in [4.69, 9.17) is 9.84 Å². The molecular formula is C7H14O2. The van der Waals surface area contributed by atoms with Crippen molar-refractivity contribution >= 4 is 0 Å². The Balaban J connectivity index is 3.20. The molecule has 0 aromatic heterocycles. The lowest BCUT2D eigenvalue weighted by Gasteiger charge is -2.08. The Hall–Kier alpha value is -0.340. The quantitative estimate of drug-likeness (QED) is 0.562. The van der Waals surface area contributed by atoms with Crippen LogP contribution in [-0.2, 0) is 4.74 Å². The second-order valence-electron chi connectivity index (χ2n) is 1.83. The summed E-state index contributed by atoms with van der Waals surface area (Å²) in [5.74, 6) is 0. The van der Waals surface area contributed by atoms with Crippen LogP contribution in [0.25, 0.3) is 0 Å². The highest BCUT2D eigenvalue weighted by Gasteiger charge is 1.98. The molecule has 0 spiro atoms. The van der Waals surface area contributed by atoms with E-state index in [1.807, 2.05) is 6.92 Å². The average molecular weight is 130 g/mol. The molecule has 0 aromatic rings. The molecule has 0 rings (SSSR count). The Morgan fingerprint density at radius 2 is 2.44 bits per heavy atom. The average Bonchev–Trinajstić information content (AvgIpc) is 1.91. The van der Waals surface area contributed by atoms with Gasteiger partial charge in [-0.3, -0.25) is 0 Å². The normalized spacial score (nSPS) is 13.1. The minimum atomic E-state index is -0.176. The van der Waals surface area contributed by atoms with Gasteiger partial charge in [0.05, 0.1) is 12.7 Å². The van der Waals surface area contributed by atoms with Crippen LogP contribution >= 0.6 is 0 Å². The largest absolute Gasteiger partial charge is 0.393 e. The summed E-state index contributed by atoms with van der Waals surface area (Å²) in [6.45, 7) is 6.25. The molecule has 0 aliphatic rings. The number of aliphatic hydroxyl groups is 1. The maximum atomic E-state index is 8.56. The number of rotatable bonds is 5. The maximum Gasteiger partial charge on any atom is 0.0983 e. The summed E-state index contributed by atoms with van der Waals surface area (Å²) in [5, 5.41) is 8.56. The molecule has 1 unspecified atom stereocenters. The van der Waals surface area contributed by atoms with Gasteiger partial charge in [-0.05, 0) is 6.42 Å². The van der Waals surface area contributed by atoms with Gasteiger partial charge in [-0.25, -0.2) is 0 Å². The number of ether oxygens (including phenoxy) is 1. The zero-order valence-electron chi connectivity index (χ0n) is 5.84. The molecule has 0 fully saturated rings. The molecule has 0 bridgehead atoms. The molecular weight excluding hydrogens is 116 g/mol. The summed E-state index contributed by atoms with van der Waals surface area (Å²) in [5.41, 5.74) is 0. The smallest absolute Gasteiger partial charge is 0.0983 e. The van der Waals surface area contributed by atoms with Gasteiger partial charge in [0.2, 0.25) is 0 Å². The van der Waals surface area contributed by atoms with E-state index in [-0.39, 0.29) is 12.7 Å². The van der Waals surface area contributed by atoms with Crippen molar-refractivity contribution < 1.29 is 9.84 Å². The summed E-state index contributed by atoms with van der Waals surface area (Å²) in [7, 11) is 0. The summed E-state index contributed by atoms with van der Waals surface area (Å²) in [6.07, 6.45) is 2.41. The first-order valence-electron chi connectivity index (χ1n) is 3.20. The Morgan fingerprint density at radius 1 is 1.78 bits per heavy atom. The van der Waals surface area contributed by atoms with Crippen molar-refractivity contribution in [2.24, 2.45) is 0 Å². The van der Waals surface area contributed by atoms with Crippen molar-refractivity contribution in [1.29, 1.82) is 0 Å². The van der Waals surface area contributed by atoms with E-state index in [1.165, 1.54) is 0 Å². The van der Waals surface area contributed by atoms with Crippen LogP contribution in [0.15, 0.2) is 12.7 Å². The first kappa shape index (κ1) is 8.66. The predicted octanol–water partition coefficient (Wildman–Crippen LogP) is 0.960. The van der Waals surface area contributed by atoms with Gasteiger partial charge in [-0.15, -0.1) is 6.58 Å². The van der Waals surface area contributed by atoms with Crippen LogP contribution < -0.4 is 0 Å². The molecule has 0 saturated carbocycles. The number of hydrogen-bond acceptors (Lipinski definition) is 2. The minimum Gasteiger partial charge on any atom is -0.393 e. The summed E-state index contributed by atoms with van der Waals surface area (Å²) < 4.78 is 5.12. The molecule has 0 radical (unpaired) electrons. The fraction of sp³-hybridized carbons (Fsp3) is 0.714. The van der Waals surface area contributed by atoms with Crippen molar-refractivity contribution in [3.8, 4) is 0 Å². The molecule has 2 heteroatoms. The maximum absolute atomic E-state index is 8.56. The standard InChI is InChI=1S/C7H14O2/c1-3-5-9-7(4-2)6-8/h4,7-8H,2-3,5-6H2,1H3. The molecule has 0 aliphatic carbocycles. The highest BCUT2D eigenvalue weighted by molar-refractivity contribution is 4.78. The third kappa shape index (κ3) is 4.18. The van der Waals surface area contributed by atoms with E-state index in [2.05, 4.69) is 6.58 Å². The summed E-state index contributed by atoms with van der Waals surface area (Å²) in [6, 6.07) is 0. The molecule has 0 amide bonds. The highest BCUT2D eigenvalue weighted by Crippen LogP contribution is 1.92. The summed E-state index contributed by atoms with van der Waals surface area (Å²) in [4.78, 5) is 0. The van der Waals surface area contributed by atoms with Crippen molar-refractivity contribution in [3.05, 3.63) is 12.7 Å². The molecule has 1 atom stereocenters. The lowest BCUT2D eigenvalue weighted by molar-refractivity contribution is 0.0435. The first-order chi connectivity index (χ1) is 4.35. The van der Waals surface area contributed by atoms with Gasteiger partial charge >= 0.3 is 0 Å². The highest BCUT2D eigenvalue weighted by atomic mass is 16.5. The number of aliphatic hydroxyl groups excluding tert-OH is 1. The van der Waals surface area contributed by atoms with Crippen LogP contribution in [0.3, 0.4) is 0 Å². The molecule has 0 aliphatic heterocycles. The van der Waals surface area contributed by atoms with Crippen LogP contribution in [0, 0.1) is 0 Å². The first-order valence-corrected chi connectivity index (χ1v) is 3.20. The van der Waals surface area contributed by atoms with Crippen molar-refractivity contribution in [2.45, 2.75) is 19.4 Å². The van der Waals surface area contributed by atoms with Gasteiger partial charge in [0.25, 0.3) is 0 Å². The van der Waals surface area contributed by atoms with E-state index < -0.39 is 0 Å². The predicted molar refractivity (Wildman–Crippen MR) is 37.3 cm³/mol. The molecule has 9 heavy (non-hydrogen) atoms. The second kappa shape index (κ2) is 5.79. The van der Waals surface area contributed by atoms with Gasteiger partial charge in [0.1, 0.15) is 0 Å². The minimum absolute atomic E-state index is 0.0312. The Kier molecular flexibility index (Phi) is 5.57. The van der Waals surface area contributed by atoms with Crippen LogP contribution in [0.2, 0.25) is 0 Å². The molecule has 0 saturated heterocycles. The Morgan fingerprint density at radius 3 is 2.78 bits per heavy atom. The lowest BCUT2D eigenvalue weighted by atomic mass is 10.4. The zero-order valence-corrected chi connectivity index (χ0v) is 5.84. The lowest BCUT2D eigenvalue weighted by Crippen LogP contribution is -2.14. The van der Waals surface area contributed by atoms with Gasteiger partial charge in [0, 0.05) is 6.61 Å². The SMILES string of the molecule is C=CC(CO)OCCC. The van der Waals surface area contributed by atoms with E-state index >= 15 is 0 Å². The molecule has 0 heterocycles. The van der Waals surface area contributed by atoms with Crippen molar-refractivity contribution in [1.82, 2.24) is 0 Å². The van der Waals surface area contributed by atoms with E-state index in [1.54, 1.807) is 6.08 Å². The number of hydrogen-bond donors (Lipinski definition) is 1. The fourth-order valence-corrected chi connectivity index (χ4v) is 0.465. The molecule has 0 aromatic carbocycles. The molecule has 54 valence electrons. The zero-order chi connectivity index (χ0) is 7.11. The van der Waals surface area contributed by atoms with Crippen LogP contribution in [0.5, 0.6) is 0 Å². The van der Waals surface area contributed by atoms with Gasteiger partial charge in [-0.2, -0.15) is 0 Å². The summed E-state index contributed by atoms with van der Waals surface area (Å²) >= 11 is 0. The topological polar surface area (TPSA) is 29.5 Å². The van der Waals surface area contributed by atoms with Gasteiger partial charge in [0.15, 0.2) is 0 Å². The monoisotopic (exact) mass is 130 g/mol.